The highest BCUT2D eigenvalue weighted by Crippen LogP contribution is 2.37. The van der Waals surface area contributed by atoms with Crippen LogP contribution in [-0.2, 0) is 0 Å². The number of rotatable bonds is 2. The first-order chi connectivity index (χ1) is 16.2. The molecule has 0 unspecified atom stereocenters. The molecule has 3 heterocycles. The summed E-state index contributed by atoms with van der Waals surface area (Å²) in [5, 5.41) is 3.33. The molecule has 4 nitrogen and oxygen atoms in total. The van der Waals surface area contributed by atoms with Crippen LogP contribution in [-0.4, -0.2) is 9.97 Å². The predicted molar refractivity (Wildman–Crippen MR) is 132 cm³/mol. The van der Waals surface area contributed by atoms with Gasteiger partial charge in [0.15, 0.2) is 5.58 Å². The molecule has 0 saturated heterocycles. The first-order valence-electron chi connectivity index (χ1n) is 10.6. The summed E-state index contributed by atoms with van der Waals surface area (Å²) in [7, 11) is 0. The zero-order valence-electron chi connectivity index (χ0n) is 17.2. The van der Waals surface area contributed by atoms with Crippen molar-refractivity contribution in [2.45, 2.75) is 0 Å². The molecule has 7 rings (SSSR count). The van der Waals surface area contributed by atoms with Gasteiger partial charge in [0.2, 0.25) is 5.28 Å². The molecule has 3 aromatic heterocycles. The van der Waals surface area contributed by atoms with Crippen LogP contribution < -0.4 is 0 Å². The van der Waals surface area contributed by atoms with Crippen LogP contribution in [0.1, 0.15) is 0 Å². The van der Waals surface area contributed by atoms with Crippen molar-refractivity contribution in [3.8, 4) is 22.4 Å². The molecule has 0 spiro atoms. The number of hydrogen-bond acceptors (Lipinski definition) is 4. The smallest absolute Gasteiger partial charge is 0.223 e. The Balaban J connectivity index is 1.42. The SMILES string of the molecule is Clc1nc(-c2ccccc2)c2oc3cc(-c4ccc5c(c4)oc4ccccc45)ccc3c2n1. The van der Waals surface area contributed by atoms with E-state index in [1.807, 2.05) is 60.7 Å². The van der Waals surface area contributed by atoms with E-state index in [4.69, 9.17) is 20.4 Å². The molecule has 0 aliphatic carbocycles. The van der Waals surface area contributed by atoms with Crippen molar-refractivity contribution >= 4 is 55.6 Å². The van der Waals surface area contributed by atoms with Gasteiger partial charge in [-0.15, -0.1) is 0 Å². The Morgan fingerprint density at radius 2 is 1.21 bits per heavy atom. The number of furan rings is 2. The van der Waals surface area contributed by atoms with Gasteiger partial charge >= 0.3 is 0 Å². The molecule has 0 atom stereocenters. The third kappa shape index (κ3) is 2.85. The summed E-state index contributed by atoms with van der Waals surface area (Å²) < 4.78 is 12.4. The molecule has 0 aliphatic rings. The van der Waals surface area contributed by atoms with Gasteiger partial charge in [-0.1, -0.05) is 60.7 Å². The number of fused-ring (bicyclic) bond motifs is 6. The van der Waals surface area contributed by atoms with Crippen LogP contribution in [0, 0.1) is 0 Å². The van der Waals surface area contributed by atoms with Crippen molar-refractivity contribution in [3.63, 3.8) is 0 Å². The predicted octanol–water partition coefficient (Wildman–Crippen LogP) is 8.26. The number of nitrogens with zero attached hydrogens (tertiary/aromatic N) is 2. The molecular weight excluding hydrogens is 432 g/mol. The third-order valence-corrected chi connectivity index (χ3v) is 6.22. The highest BCUT2D eigenvalue weighted by atomic mass is 35.5. The van der Waals surface area contributed by atoms with Crippen molar-refractivity contribution in [1.82, 2.24) is 9.97 Å². The minimum Gasteiger partial charge on any atom is -0.456 e. The second-order valence-electron chi connectivity index (χ2n) is 8.01. The Bertz CT molecular complexity index is 1830. The normalized spacial score (nSPS) is 11.8. The van der Waals surface area contributed by atoms with Crippen LogP contribution in [0.4, 0.5) is 0 Å². The fraction of sp³-hybridized carbons (Fsp3) is 0. The average Bonchev–Trinajstić information content (AvgIpc) is 3.41. The number of hydrogen-bond donors (Lipinski definition) is 0. The maximum Gasteiger partial charge on any atom is 0.223 e. The lowest BCUT2D eigenvalue weighted by molar-refractivity contribution is 0.667. The van der Waals surface area contributed by atoms with E-state index in [-0.39, 0.29) is 5.28 Å². The van der Waals surface area contributed by atoms with Gasteiger partial charge < -0.3 is 8.83 Å². The van der Waals surface area contributed by atoms with Gasteiger partial charge in [0.25, 0.3) is 0 Å². The summed E-state index contributed by atoms with van der Waals surface area (Å²) in [6, 6.07) is 30.4. The van der Waals surface area contributed by atoms with Crippen molar-refractivity contribution in [2.24, 2.45) is 0 Å². The Morgan fingerprint density at radius 1 is 0.545 bits per heavy atom. The van der Waals surface area contributed by atoms with E-state index >= 15 is 0 Å². The van der Waals surface area contributed by atoms with Gasteiger partial charge in [-0.25, -0.2) is 9.97 Å². The van der Waals surface area contributed by atoms with Gasteiger partial charge in [0.05, 0.1) is 0 Å². The molecule has 0 radical (unpaired) electrons. The van der Waals surface area contributed by atoms with E-state index in [1.165, 1.54) is 0 Å². The first-order valence-corrected chi connectivity index (χ1v) is 11.0. The molecule has 0 fully saturated rings. The zero-order chi connectivity index (χ0) is 21.9. The lowest BCUT2D eigenvalue weighted by atomic mass is 10.0. The van der Waals surface area contributed by atoms with E-state index in [0.717, 1.165) is 49.6 Å². The standard InChI is InChI=1S/C28H15ClN2O2/c29-28-30-25(16-6-2-1-3-7-16)27-26(31-28)21-13-11-18(15-24(21)33-27)17-10-12-20-19-8-4-5-9-22(19)32-23(20)14-17/h1-15H. The Morgan fingerprint density at radius 3 is 2.03 bits per heavy atom. The van der Waals surface area contributed by atoms with E-state index in [0.29, 0.717) is 16.8 Å². The lowest BCUT2D eigenvalue weighted by Gasteiger charge is -2.02. The second kappa shape index (κ2) is 6.92. The molecule has 0 saturated carbocycles. The second-order valence-corrected chi connectivity index (χ2v) is 8.35. The zero-order valence-corrected chi connectivity index (χ0v) is 18.0. The monoisotopic (exact) mass is 446 g/mol. The average molecular weight is 447 g/mol. The van der Waals surface area contributed by atoms with Crippen molar-refractivity contribution in [3.05, 3.63) is 96.3 Å². The Kier molecular flexibility index (Phi) is 3.87. The summed E-state index contributed by atoms with van der Waals surface area (Å²) in [4.78, 5) is 8.91. The van der Waals surface area contributed by atoms with Crippen LogP contribution >= 0.6 is 11.6 Å². The van der Waals surface area contributed by atoms with Crippen molar-refractivity contribution < 1.29 is 8.83 Å². The van der Waals surface area contributed by atoms with E-state index in [9.17, 15) is 0 Å². The van der Waals surface area contributed by atoms with Crippen LogP contribution in [0.2, 0.25) is 5.28 Å². The number of aromatic nitrogens is 2. The maximum absolute atomic E-state index is 6.28. The topological polar surface area (TPSA) is 52.1 Å². The summed E-state index contributed by atoms with van der Waals surface area (Å²) in [6.07, 6.45) is 0. The summed E-state index contributed by atoms with van der Waals surface area (Å²) in [5.74, 6) is 0. The molecule has 4 aromatic carbocycles. The fourth-order valence-electron chi connectivity index (χ4n) is 4.49. The van der Waals surface area contributed by atoms with Crippen LogP contribution in [0.5, 0.6) is 0 Å². The molecule has 0 aliphatic heterocycles. The molecule has 33 heavy (non-hydrogen) atoms. The number of benzene rings is 4. The number of para-hydroxylation sites is 1. The fourth-order valence-corrected chi connectivity index (χ4v) is 4.66. The van der Waals surface area contributed by atoms with Gasteiger partial charge in [-0.05, 0) is 53.1 Å². The van der Waals surface area contributed by atoms with Gasteiger partial charge in [-0.3, -0.25) is 0 Å². The highest BCUT2D eigenvalue weighted by molar-refractivity contribution is 6.29. The minimum absolute atomic E-state index is 0.198. The molecule has 0 amide bonds. The molecule has 156 valence electrons. The summed E-state index contributed by atoms with van der Waals surface area (Å²) >= 11 is 6.27. The molecule has 5 heteroatoms. The highest BCUT2D eigenvalue weighted by Gasteiger charge is 2.17. The van der Waals surface area contributed by atoms with Crippen molar-refractivity contribution in [2.75, 3.05) is 0 Å². The first kappa shape index (κ1) is 18.4. The molecular formula is C28H15ClN2O2. The summed E-state index contributed by atoms with van der Waals surface area (Å²) in [6.45, 7) is 0. The van der Waals surface area contributed by atoms with Crippen LogP contribution in [0.25, 0.3) is 66.4 Å². The minimum atomic E-state index is 0.198. The summed E-state index contributed by atoms with van der Waals surface area (Å²) in [5.41, 5.74) is 7.53. The molecule has 7 aromatic rings. The lowest BCUT2D eigenvalue weighted by Crippen LogP contribution is -1.88. The van der Waals surface area contributed by atoms with E-state index in [2.05, 4.69) is 40.3 Å². The Labute approximate surface area is 193 Å². The maximum atomic E-state index is 6.28. The van der Waals surface area contributed by atoms with Gasteiger partial charge in [-0.2, -0.15) is 0 Å². The molecule has 0 N–H and O–H groups in total. The largest absolute Gasteiger partial charge is 0.456 e. The number of halogens is 1. The quantitative estimate of drug-likeness (QED) is 0.251. The third-order valence-electron chi connectivity index (χ3n) is 6.05. The van der Waals surface area contributed by atoms with Gasteiger partial charge in [0.1, 0.15) is 28.0 Å². The van der Waals surface area contributed by atoms with E-state index < -0.39 is 0 Å². The van der Waals surface area contributed by atoms with Gasteiger partial charge in [0, 0.05) is 21.7 Å². The molecule has 0 bridgehead atoms. The van der Waals surface area contributed by atoms with E-state index in [1.54, 1.807) is 0 Å². The van der Waals surface area contributed by atoms with Crippen molar-refractivity contribution in [1.29, 1.82) is 0 Å². The van der Waals surface area contributed by atoms with Crippen LogP contribution in [0.3, 0.4) is 0 Å². The van der Waals surface area contributed by atoms with Crippen LogP contribution in [0.15, 0.2) is 99.8 Å². The Hall–Kier alpha value is -4.15.